The standard InChI is InChI=1S/C26H24N2O4/c1-3-16-32-22-11-7-10-20(17-22)28-25(29)23(18-8-5-4-6-9-18)24(26(28)30)27-19-12-14-21(31-2)15-13-19/h4-15,17,27H,3,16H2,1-2H3. The lowest BCUT2D eigenvalue weighted by Gasteiger charge is -2.16. The summed E-state index contributed by atoms with van der Waals surface area (Å²) in [5.74, 6) is 0.511. The van der Waals surface area contributed by atoms with Crippen molar-refractivity contribution in [2.75, 3.05) is 23.9 Å². The zero-order valence-corrected chi connectivity index (χ0v) is 18.0. The zero-order valence-electron chi connectivity index (χ0n) is 18.0. The molecule has 3 aromatic rings. The summed E-state index contributed by atoms with van der Waals surface area (Å²) in [5.41, 5.74) is 2.37. The molecule has 162 valence electrons. The van der Waals surface area contributed by atoms with Gasteiger partial charge in [0.05, 0.1) is 25.0 Å². The van der Waals surface area contributed by atoms with E-state index < -0.39 is 5.91 Å². The van der Waals surface area contributed by atoms with Crippen molar-refractivity contribution < 1.29 is 19.1 Å². The molecule has 0 unspecified atom stereocenters. The number of amides is 2. The zero-order chi connectivity index (χ0) is 22.5. The average molecular weight is 428 g/mol. The number of nitrogens with zero attached hydrogens (tertiary/aromatic N) is 1. The molecular formula is C26H24N2O4. The highest BCUT2D eigenvalue weighted by Gasteiger charge is 2.40. The fourth-order valence-electron chi connectivity index (χ4n) is 3.50. The normalized spacial score (nSPS) is 13.5. The Labute approximate surface area is 187 Å². The fourth-order valence-corrected chi connectivity index (χ4v) is 3.50. The number of rotatable bonds is 8. The summed E-state index contributed by atoms with van der Waals surface area (Å²) in [5, 5.41) is 3.15. The molecule has 6 heteroatoms. The van der Waals surface area contributed by atoms with Gasteiger partial charge in [-0.3, -0.25) is 9.59 Å². The number of ether oxygens (including phenoxy) is 2. The van der Waals surface area contributed by atoms with Crippen LogP contribution in [-0.2, 0) is 9.59 Å². The molecule has 4 rings (SSSR count). The fraction of sp³-hybridized carbons (Fsp3) is 0.154. The van der Waals surface area contributed by atoms with Crippen LogP contribution in [0.1, 0.15) is 18.9 Å². The molecule has 1 N–H and O–H groups in total. The van der Waals surface area contributed by atoms with Crippen LogP contribution in [0.25, 0.3) is 5.57 Å². The monoisotopic (exact) mass is 428 g/mol. The third kappa shape index (κ3) is 4.21. The number of benzene rings is 3. The Kier molecular flexibility index (Phi) is 6.22. The van der Waals surface area contributed by atoms with Gasteiger partial charge in [-0.1, -0.05) is 43.3 Å². The minimum absolute atomic E-state index is 0.228. The van der Waals surface area contributed by atoms with Gasteiger partial charge in [-0.25, -0.2) is 4.90 Å². The molecule has 0 radical (unpaired) electrons. The van der Waals surface area contributed by atoms with Crippen LogP contribution in [0, 0.1) is 0 Å². The van der Waals surface area contributed by atoms with Crippen molar-refractivity contribution in [3.63, 3.8) is 0 Å². The maximum Gasteiger partial charge on any atom is 0.282 e. The molecule has 3 aromatic carbocycles. The highest BCUT2D eigenvalue weighted by Crippen LogP contribution is 2.35. The van der Waals surface area contributed by atoms with E-state index in [0.717, 1.165) is 6.42 Å². The Balaban J connectivity index is 1.73. The number of methoxy groups -OCH3 is 1. The van der Waals surface area contributed by atoms with Gasteiger partial charge in [-0.2, -0.15) is 0 Å². The van der Waals surface area contributed by atoms with E-state index in [-0.39, 0.29) is 11.6 Å². The first-order valence-corrected chi connectivity index (χ1v) is 10.4. The molecule has 2 amide bonds. The number of carbonyl (C=O) groups excluding carboxylic acids is 2. The Morgan fingerprint density at radius 2 is 1.59 bits per heavy atom. The van der Waals surface area contributed by atoms with Crippen LogP contribution in [0.15, 0.2) is 84.6 Å². The van der Waals surface area contributed by atoms with Gasteiger partial charge in [0, 0.05) is 11.8 Å². The van der Waals surface area contributed by atoms with Crippen LogP contribution < -0.4 is 19.7 Å². The number of nitrogens with one attached hydrogen (secondary N) is 1. The second kappa shape index (κ2) is 9.39. The van der Waals surface area contributed by atoms with Crippen molar-refractivity contribution in [2.24, 2.45) is 0 Å². The van der Waals surface area contributed by atoms with Crippen molar-refractivity contribution in [3.05, 3.63) is 90.1 Å². The van der Waals surface area contributed by atoms with E-state index in [0.29, 0.717) is 40.6 Å². The van der Waals surface area contributed by atoms with E-state index in [2.05, 4.69) is 5.32 Å². The van der Waals surface area contributed by atoms with E-state index in [9.17, 15) is 9.59 Å². The van der Waals surface area contributed by atoms with Crippen LogP contribution in [0.5, 0.6) is 11.5 Å². The summed E-state index contributed by atoms with van der Waals surface area (Å²) in [6, 6.07) is 23.4. The minimum Gasteiger partial charge on any atom is -0.497 e. The number of imide groups is 1. The molecule has 0 atom stereocenters. The van der Waals surface area contributed by atoms with Gasteiger partial charge in [-0.15, -0.1) is 0 Å². The van der Waals surface area contributed by atoms with Gasteiger partial charge in [0.15, 0.2) is 0 Å². The Morgan fingerprint density at radius 1 is 0.844 bits per heavy atom. The van der Waals surface area contributed by atoms with E-state index in [1.54, 1.807) is 49.6 Å². The van der Waals surface area contributed by atoms with Crippen molar-refractivity contribution in [1.82, 2.24) is 0 Å². The van der Waals surface area contributed by atoms with E-state index >= 15 is 0 Å². The molecule has 32 heavy (non-hydrogen) atoms. The van der Waals surface area contributed by atoms with Gasteiger partial charge in [0.2, 0.25) is 0 Å². The summed E-state index contributed by atoms with van der Waals surface area (Å²) in [6.45, 7) is 2.58. The highest BCUT2D eigenvalue weighted by molar-refractivity contribution is 6.46. The summed E-state index contributed by atoms with van der Waals surface area (Å²) in [7, 11) is 1.59. The summed E-state index contributed by atoms with van der Waals surface area (Å²) in [6.07, 6.45) is 0.863. The van der Waals surface area contributed by atoms with E-state index in [1.807, 2.05) is 43.3 Å². The smallest absolute Gasteiger partial charge is 0.282 e. The van der Waals surface area contributed by atoms with Crippen LogP contribution >= 0.6 is 0 Å². The van der Waals surface area contributed by atoms with E-state index in [1.165, 1.54) is 4.90 Å². The molecule has 6 nitrogen and oxygen atoms in total. The second-order valence-electron chi connectivity index (χ2n) is 7.26. The van der Waals surface area contributed by atoms with E-state index in [4.69, 9.17) is 9.47 Å². The molecule has 0 saturated carbocycles. The number of hydrogen-bond acceptors (Lipinski definition) is 5. The van der Waals surface area contributed by atoms with Crippen LogP contribution in [0.3, 0.4) is 0 Å². The predicted octanol–water partition coefficient (Wildman–Crippen LogP) is 4.88. The van der Waals surface area contributed by atoms with Crippen LogP contribution in [0.4, 0.5) is 11.4 Å². The van der Waals surface area contributed by atoms with Crippen LogP contribution in [0.2, 0.25) is 0 Å². The lowest BCUT2D eigenvalue weighted by molar-refractivity contribution is -0.120. The van der Waals surface area contributed by atoms with Crippen LogP contribution in [-0.4, -0.2) is 25.5 Å². The van der Waals surface area contributed by atoms with Crippen molar-refractivity contribution >= 4 is 28.8 Å². The minimum atomic E-state index is -0.419. The summed E-state index contributed by atoms with van der Waals surface area (Å²) >= 11 is 0. The van der Waals surface area contributed by atoms with Gasteiger partial charge in [0.25, 0.3) is 11.8 Å². The first-order chi connectivity index (χ1) is 15.6. The Hall–Kier alpha value is -4.06. The molecule has 1 heterocycles. The molecule has 1 aliphatic rings. The Bertz CT molecular complexity index is 1150. The number of carbonyl (C=O) groups is 2. The molecule has 0 aliphatic carbocycles. The topological polar surface area (TPSA) is 67.9 Å². The molecule has 0 fully saturated rings. The largest absolute Gasteiger partial charge is 0.497 e. The van der Waals surface area contributed by atoms with Gasteiger partial charge in [0.1, 0.15) is 17.2 Å². The highest BCUT2D eigenvalue weighted by atomic mass is 16.5. The maximum absolute atomic E-state index is 13.5. The second-order valence-corrected chi connectivity index (χ2v) is 7.26. The SMILES string of the molecule is CCCOc1cccc(N2C(=O)C(Nc3ccc(OC)cc3)=C(c3ccccc3)C2=O)c1. The van der Waals surface area contributed by atoms with Crippen molar-refractivity contribution in [2.45, 2.75) is 13.3 Å². The van der Waals surface area contributed by atoms with Crippen molar-refractivity contribution in [1.29, 1.82) is 0 Å². The quantitative estimate of drug-likeness (QED) is 0.518. The molecule has 0 bridgehead atoms. The molecule has 1 aliphatic heterocycles. The van der Waals surface area contributed by atoms with Crippen molar-refractivity contribution in [3.8, 4) is 11.5 Å². The molecule has 0 spiro atoms. The summed E-state index contributed by atoms with van der Waals surface area (Å²) < 4.78 is 10.9. The lowest BCUT2D eigenvalue weighted by Crippen LogP contribution is -2.32. The molecule has 0 saturated heterocycles. The summed E-state index contributed by atoms with van der Waals surface area (Å²) in [4.78, 5) is 28.1. The maximum atomic E-state index is 13.5. The molecule has 0 aromatic heterocycles. The average Bonchev–Trinajstić information content (AvgIpc) is 3.08. The number of hydrogen-bond donors (Lipinski definition) is 1. The molecular weight excluding hydrogens is 404 g/mol. The predicted molar refractivity (Wildman–Crippen MR) is 125 cm³/mol. The van der Waals surface area contributed by atoms with Gasteiger partial charge >= 0.3 is 0 Å². The first-order valence-electron chi connectivity index (χ1n) is 10.4. The number of anilines is 2. The third-order valence-electron chi connectivity index (χ3n) is 5.05. The van der Waals surface area contributed by atoms with Gasteiger partial charge < -0.3 is 14.8 Å². The van der Waals surface area contributed by atoms with Gasteiger partial charge in [-0.05, 0) is 48.4 Å². The Morgan fingerprint density at radius 3 is 2.28 bits per heavy atom. The lowest BCUT2D eigenvalue weighted by atomic mass is 10.0. The first kappa shape index (κ1) is 21.2. The third-order valence-corrected chi connectivity index (χ3v) is 5.05.